The fraction of sp³-hybridized carbons (Fsp3) is 0.556. The van der Waals surface area contributed by atoms with E-state index in [1.54, 1.807) is 28.0 Å². The van der Waals surface area contributed by atoms with Crippen molar-refractivity contribution in [1.82, 2.24) is 24.9 Å². The summed E-state index contributed by atoms with van der Waals surface area (Å²) in [6.45, 7) is 9.18. The van der Waals surface area contributed by atoms with Crippen molar-refractivity contribution in [3.05, 3.63) is 58.9 Å². The minimum absolute atomic E-state index is 0.000591. The monoisotopic (exact) mass is 679 g/mol. The van der Waals surface area contributed by atoms with Crippen molar-refractivity contribution in [3.63, 3.8) is 0 Å². The van der Waals surface area contributed by atoms with Gasteiger partial charge < -0.3 is 39.1 Å². The van der Waals surface area contributed by atoms with Crippen LogP contribution in [0.25, 0.3) is 0 Å². The van der Waals surface area contributed by atoms with Crippen LogP contribution >= 0.6 is 0 Å². The first-order valence-corrected chi connectivity index (χ1v) is 17.4. The summed E-state index contributed by atoms with van der Waals surface area (Å²) in [5.41, 5.74) is 0.956. The number of amides is 4. The number of fused-ring (bicyclic) bond motifs is 5. The Balaban J connectivity index is 1.31. The molecule has 12 nitrogen and oxygen atoms in total. The van der Waals surface area contributed by atoms with Crippen LogP contribution < -0.4 is 10.1 Å². The van der Waals surface area contributed by atoms with Gasteiger partial charge in [0.25, 0.3) is 11.8 Å². The lowest BCUT2D eigenvalue weighted by atomic mass is 9.99. The molecule has 0 aliphatic carbocycles. The fourth-order valence-electron chi connectivity index (χ4n) is 7.05. The van der Waals surface area contributed by atoms with Gasteiger partial charge in [-0.2, -0.15) is 0 Å². The van der Waals surface area contributed by atoms with Crippen molar-refractivity contribution in [1.29, 1.82) is 0 Å². The van der Waals surface area contributed by atoms with E-state index in [2.05, 4.69) is 17.1 Å². The summed E-state index contributed by atoms with van der Waals surface area (Å²) in [5, 5.41) is 3.02. The number of halogens is 1. The van der Waals surface area contributed by atoms with Crippen LogP contribution in [0.4, 0.5) is 4.39 Å². The second-order valence-corrected chi connectivity index (χ2v) is 13.2. The number of hydrogen-bond donors (Lipinski definition) is 1. The van der Waals surface area contributed by atoms with Crippen LogP contribution in [0.5, 0.6) is 11.5 Å². The van der Waals surface area contributed by atoms with Gasteiger partial charge in [-0.1, -0.05) is 13.8 Å². The first kappa shape index (κ1) is 34.8. The molecule has 1 N–H and O–H groups in total. The smallest absolute Gasteiger partial charge is 0.254 e. The van der Waals surface area contributed by atoms with E-state index in [0.717, 1.165) is 19.6 Å². The summed E-state index contributed by atoms with van der Waals surface area (Å²) >= 11 is 0. The molecule has 0 aromatic heterocycles. The molecule has 0 radical (unpaired) electrons. The van der Waals surface area contributed by atoms with Crippen LogP contribution in [-0.4, -0.2) is 127 Å². The van der Waals surface area contributed by atoms with Crippen LogP contribution in [0, 0.1) is 11.7 Å². The lowest BCUT2D eigenvalue weighted by Gasteiger charge is -2.34. The molecule has 2 atom stereocenters. The number of likely N-dealkylation sites (N-methyl/N-ethyl adjacent to an activating group) is 1. The van der Waals surface area contributed by atoms with E-state index >= 15 is 0 Å². The number of ether oxygens (including phenoxy) is 3. The third-order valence-electron chi connectivity index (χ3n) is 9.75. The number of piperazine rings is 1. The van der Waals surface area contributed by atoms with Crippen molar-refractivity contribution in [3.8, 4) is 11.5 Å². The highest BCUT2D eigenvalue weighted by Crippen LogP contribution is 2.29. The highest BCUT2D eigenvalue weighted by Gasteiger charge is 2.40. The Bertz CT molecular complexity index is 1540. The topological polar surface area (TPSA) is 121 Å². The Labute approximate surface area is 286 Å². The van der Waals surface area contributed by atoms with Crippen molar-refractivity contribution in [2.45, 2.75) is 51.9 Å². The Morgan fingerprint density at radius 2 is 1.67 bits per heavy atom. The second kappa shape index (κ2) is 15.6. The normalized spacial score (nSPS) is 22.8. The van der Waals surface area contributed by atoms with E-state index in [9.17, 15) is 23.6 Å². The van der Waals surface area contributed by atoms with E-state index in [1.165, 1.54) is 23.1 Å². The quantitative estimate of drug-likeness (QED) is 0.513. The maximum absolute atomic E-state index is 14.9. The first-order valence-electron chi connectivity index (χ1n) is 17.4. The molecule has 0 saturated carbocycles. The Morgan fingerprint density at radius 3 is 2.41 bits per heavy atom. The maximum atomic E-state index is 14.9. The molecule has 49 heavy (non-hydrogen) atoms. The van der Waals surface area contributed by atoms with Crippen molar-refractivity contribution < 1.29 is 37.8 Å². The average molecular weight is 680 g/mol. The molecule has 4 amide bonds. The maximum Gasteiger partial charge on any atom is 0.254 e. The molecular formula is C36H46FN5O7. The number of carbonyl (C=O) groups is 4. The van der Waals surface area contributed by atoms with Crippen LogP contribution in [0.1, 0.15) is 59.4 Å². The van der Waals surface area contributed by atoms with Gasteiger partial charge in [0.15, 0.2) is 0 Å². The highest BCUT2D eigenvalue weighted by atomic mass is 19.1. The average Bonchev–Trinajstić information content (AvgIpc) is 3.51. The summed E-state index contributed by atoms with van der Waals surface area (Å²) in [6, 6.07) is 8.33. The standard InChI is InChI=1S/C36H46FN5O7/c1-3-7-41-22-33(43)38-31-20-42(34(44)25-5-12-47-13-6-25)21-32(31)48-23-24-14-28(37)19-29(15-24)49-30-17-26(16-27(18-30)36(41)46)35(45)40-10-8-39(4-2)9-11-40/h14-19,25,31-32H,3-13,20-23H2,1-2H3,(H,38,43)/t31-,32-/m1/s1. The van der Waals surface area contributed by atoms with E-state index in [-0.39, 0.29) is 66.6 Å². The number of rotatable bonds is 5. The Kier molecular flexibility index (Phi) is 11.1. The summed E-state index contributed by atoms with van der Waals surface area (Å²) in [4.78, 5) is 62.0. The number of carbonyl (C=O) groups excluding carboxylic acids is 4. The van der Waals surface area contributed by atoms with Gasteiger partial charge in [0, 0.05) is 82.1 Å². The SMILES string of the molecule is CCCN1CC(=O)N[C@@H]2CN(C(=O)C3CCOCC3)C[C@H]2OCc2cc(F)cc(c2)Oc2cc(C(=O)N3CCN(CC)CC3)cc(c2)C1=O. The minimum atomic E-state index is -0.552. The molecule has 2 aromatic rings. The summed E-state index contributed by atoms with van der Waals surface area (Å²) in [5.74, 6) is -1.37. The van der Waals surface area contributed by atoms with Crippen LogP contribution in [-0.2, 0) is 25.7 Å². The van der Waals surface area contributed by atoms with Crippen LogP contribution in [0.3, 0.4) is 0 Å². The van der Waals surface area contributed by atoms with E-state index in [1.807, 2.05) is 6.92 Å². The summed E-state index contributed by atoms with van der Waals surface area (Å²) in [7, 11) is 0. The number of nitrogens with one attached hydrogen (secondary N) is 1. The fourth-order valence-corrected chi connectivity index (χ4v) is 7.05. The number of likely N-dealkylation sites (tertiary alicyclic amines) is 1. The third kappa shape index (κ3) is 8.39. The number of hydrogen-bond acceptors (Lipinski definition) is 8. The van der Waals surface area contributed by atoms with Gasteiger partial charge in [-0.25, -0.2) is 4.39 Å². The summed E-state index contributed by atoms with van der Waals surface area (Å²) < 4.78 is 32.8. The van der Waals surface area contributed by atoms with Crippen LogP contribution in [0.15, 0.2) is 36.4 Å². The third-order valence-corrected chi connectivity index (χ3v) is 9.75. The molecule has 0 spiro atoms. The van der Waals surface area contributed by atoms with Gasteiger partial charge in [-0.05, 0) is 61.7 Å². The molecule has 6 rings (SSSR count). The number of benzene rings is 2. The summed E-state index contributed by atoms with van der Waals surface area (Å²) in [6.07, 6.45) is 1.32. The molecule has 3 fully saturated rings. The van der Waals surface area contributed by atoms with E-state index < -0.39 is 29.8 Å². The zero-order valence-corrected chi connectivity index (χ0v) is 28.3. The second-order valence-electron chi connectivity index (χ2n) is 13.2. The molecule has 0 unspecified atom stereocenters. The predicted octanol–water partition coefficient (Wildman–Crippen LogP) is 2.90. The van der Waals surface area contributed by atoms with Gasteiger partial charge in [0.2, 0.25) is 11.8 Å². The van der Waals surface area contributed by atoms with Gasteiger partial charge in [-0.3, -0.25) is 19.2 Å². The molecule has 3 saturated heterocycles. The van der Waals surface area contributed by atoms with Crippen molar-refractivity contribution >= 4 is 23.6 Å². The van der Waals surface area contributed by atoms with Gasteiger partial charge in [0.1, 0.15) is 17.3 Å². The molecule has 264 valence electrons. The van der Waals surface area contributed by atoms with E-state index in [0.29, 0.717) is 57.7 Å². The lowest BCUT2D eigenvalue weighted by molar-refractivity contribution is -0.138. The minimum Gasteiger partial charge on any atom is -0.457 e. The molecule has 4 heterocycles. The molecule has 4 bridgehead atoms. The Morgan fingerprint density at radius 1 is 0.918 bits per heavy atom. The van der Waals surface area contributed by atoms with Gasteiger partial charge in [-0.15, -0.1) is 0 Å². The van der Waals surface area contributed by atoms with E-state index in [4.69, 9.17) is 14.2 Å². The van der Waals surface area contributed by atoms with Crippen molar-refractivity contribution in [2.75, 3.05) is 72.1 Å². The Hall–Kier alpha value is -4.07. The number of nitrogens with zero attached hydrogens (tertiary/aromatic N) is 4. The molecule has 4 aliphatic heterocycles. The molecule has 4 aliphatic rings. The van der Waals surface area contributed by atoms with Crippen LogP contribution in [0.2, 0.25) is 0 Å². The highest BCUT2D eigenvalue weighted by molar-refractivity contribution is 6.01. The lowest BCUT2D eigenvalue weighted by Crippen LogP contribution is -2.49. The zero-order chi connectivity index (χ0) is 34.5. The molecule has 13 heteroatoms. The molecule has 2 aromatic carbocycles. The predicted molar refractivity (Wildman–Crippen MR) is 178 cm³/mol. The first-order chi connectivity index (χ1) is 23.7. The van der Waals surface area contributed by atoms with Crippen molar-refractivity contribution in [2.24, 2.45) is 5.92 Å². The molecular weight excluding hydrogens is 633 g/mol. The zero-order valence-electron chi connectivity index (χ0n) is 28.3. The van der Waals surface area contributed by atoms with Gasteiger partial charge >= 0.3 is 0 Å². The van der Waals surface area contributed by atoms with Gasteiger partial charge in [0.05, 0.1) is 25.3 Å². The largest absolute Gasteiger partial charge is 0.457 e.